The van der Waals surface area contributed by atoms with Crippen LogP contribution >= 0.6 is 23.4 Å². The van der Waals surface area contributed by atoms with E-state index in [9.17, 15) is 0 Å². The molecule has 2 aliphatic heterocycles. The highest BCUT2D eigenvalue weighted by Gasteiger charge is 2.30. The lowest BCUT2D eigenvalue weighted by molar-refractivity contribution is 0.0937. The molecule has 160 valence electrons. The molecule has 5 rings (SSSR count). The first-order chi connectivity index (χ1) is 15.3. The molecule has 0 aromatic heterocycles. The standard InChI is InChI=1S/C27H29ClN2S/c28-23-12-13-27-24(20-23)25(19-22-10-4-5-11-26(22)31-27)30-17-15-29(16-18-30)14-6-9-21-7-2-1-3-8-21/h1-5,7-8,10-13,20,25H,6,9,14-19H2/t25-/m1/s1. The average Bonchev–Trinajstić information content (AvgIpc) is 2.97. The van der Waals surface area contributed by atoms with Crippen LogP contribution in [0.3, 0.4) is 0 Å². The van der Waals surface area contributed by atoms with Gasteiger partial charge in [0.25, 0.3) is 0 Å². The van der Waals surface area contributed by atoms with Crippen LogP contribution in [0, 0.1) is 0 Å². The largest absolute Gasteiger partial charge is 0.301 e. The quantitative estimate of drug-likeness (QED) is 0.449. The van der Waals surface area contributed by atoms with Crippen molar-refractivity contribution in [1.82, 2.24) is 9.80 Å². The van der Waals surface area contributed by atoms with E-state index >= 15 is 0 Å². The first kappa shape index (κ1) is 21.1. The Bertz CT molecular complexity index is 1010. The van der Waals surface area contributed by atoms with Gasteiger partial charge >= 0.3 is 0 Å². The van der Waals surface area contributed by atoms with Gasteiger partial charge < -0.3 is 4.90 Å². The lowest BCUT2D eigenvalue weighted by atomic mass is 9.96. The molecule has 0 radical (unpaired) electrons. The van der Waals surface area contributed by atoms with E-state index in [4.69, 9.17) is 11.6 Å². The van der Waals surface area contributed by atoms with Crippen LogP contribution in [0.4, 0.5) is 0 Å². The first-order valence-electron chi connectivity index (χ1n) is 11.3. The third-order valence-electron chi connectivity index (χ3n) is 6.57. The van der Waals surface area contributed by atoms with E-state index in [0.717, 1.165) is 37.6 Å². The molecular weight excluding hydrogens is 420 g/mol. The SMILES string of the molecule is Clc1ccc2c(c1)[C@H](N1CCN(CCCc3ccccc3)CC1)Cc1ccccc1S2. The molecule has 0 bridgehead atoms. The van der Waals surface area contributed by atoms with Gasteiger partial charge in [-0.15, -0.1) is 0 Å². The van der Waals surface area contributed by atoms with Gasteiger partial charge in [0.1, 0.15) is 0 Å². The zero-order chi connectivity index (χ0) is 21.0. The maximum absolute atomic E-state index is 6.44. The summed E-state index contributed by atoms with van der Waals surface area (Å²) >= 11 is 8.33. The number of halogens is 1. The Morgan fingerprint density at radius 3 is 2.45 bits per heavy atom. The van der Waals surface area contributed by atoms with Crippen LogP contribution in [0.15, 0.2) is 82.6 Å². The fourth-order valence-corrected chi connectivity index (χ4v) is 6.15. The van der Waals surface area contributed by atoms with Crippen molar-refractivity contribution in [1.29, 1.82) is 0 Å². The number of piperazine rings is 1. The molecule has 0 spiro atoms. The number of hydrogen-bond donors (Lipinski definition) is 0. The van der Waals surface area contributed by atoms with Crippen molar-refractivity contribution in [3.8, 4) is 0 Å². The minimum Gasteiger partial charge on any atom is -0.301 e. The van der Waals surface area contributed by atoms with Gasteiger partial charge in [-0.2, -0.15) is 0 Å². The number of fused-ring (bicyclic) bond motifs is 2. The third-order valence-corrected chi connectivity index (χ3v) is 8.01. The average molecular weight is 449 g/mol. The second-order valence-corrected chi connectivity index (χ2v) is 10.1. The van der Waals surface area contributed by atoms with Crippen LogP contribution in [-0.2, 0) is 12.8 Å². The molecule has 1 fully saturated rings. The fourth-order valence-electron chi connectivity index (χ4n) is 4.86. The van der Waals surface area contributed by atoms with Gasteiger partial charge in [0.05, 0.1) is 0 Å². The fraction of sp³-hybridized carbons (Fsp3) is 0.333. The Labute approximate surface area is 195 Å². The van der Waals surface area contributed by atoms with E-state index in [1.54, 1.807) is 0 Å². The van der Waals surface area contributed by atoms with Gasteiger partial charge in [0, 0.05) is 47.0 Å². The highest BCUT2D eigenvalue weighted by atomic mass is 35.5. The summed E-state index contributed by atoms with van der Waals surface area (Å²) in [6.45, 7) is 5.73. The van der Waals surface area contributed by atoms with Crippen molar-refractivity contribution >= 4 is 23.4 Å². The smallest absolute Gasteiger partial charge is 0.0410 e. The van der Waals surface area contributed by atoms with Gasteiger partial charge in [-0.25, -0.2) is 0 Å². The molecule has 2 heterocycles. The van der Waals surface area contributed by atoms with Crippen LogP contribution in [0.1, 0.15) is 29.2 Å². The van der Waals surface area contributed by atoms with Gasteiger partial charge in [-0.3, -0.25) is 4.90 Å². The number of aryl methyl sites for hydroxylation is 1. The van der Waals surface area contributed by atoms with E-state index < -0.39 is 0 Å². The second-order valence-electron chi connectivity index (χ2n) is 8.58. The summed E-state index contributed by atoms with van der Waals surface area (Å²) < 4.78 is 0. The maximum atomic E-state index is 6.44. The summed E-state index contributed by atoms with van der Waals surface area (Å²) in [6.07, 6.45) is 3.46. The topological polar surface area (TPSA) is 6.48 Å². The second kappa shape index (κ2) is 9.79. The Kier molecular flexibility index (Phi) is 6.66. The molecule has 3 aromatic carbocycles. The Morgan fingerprint density at radius 2 is 1.61 bits per heavy atom. The number of benzene rings is 3. The molecule has 0 unspecified atom stereocenters. The lowest BCUT2D eigenvalue weighted by Crippen LogP contribution is -2.48. The summed E-state index contributed by atoms with van der Waals surface area (Å²) in [4.78, 5) is 8.06. The van der Waals surface area contributed by atoms with E-state index in [0.29, 0.717) is 6.04 Å². The minimum atomic E-state index is 0.399. The predicted octanol–water partition coefficient (Wildman–Crippen LogP) is 6.34. The van der Waals surface area contributed by atoms with E-state index in [2.05, 4.69) is 76.5 Å². The molecule has 0 aliphatic carbocycles. The van der Waals surface area contributed by atoms with Crippen LogP contribution in [0.2, 0.25) is 5.02 Å². The number of nitrogens with zero attached hydrogens (tertiary/aromatic N) is 2. The minimum absolute atomic E-state index is 0.399. The highest BCUT2D eigenvalue weighted by molar-refractivity contribution is 7.99. The number of rotatable bonds is 5. The van der Waals surface area contributed by atoms with E-state index in [1.807, 2.05) is 17.8 Å². The lowest BCUT2D eigenvalue weighted by Gasteiger charge is -2.39. The van der Waals surface area contributed by atoms with Crippen LogP contribution in [0.5, 0.6) is 0 Å². The molecule has 1 atom stereocenters. The Balaban J connectivity index is 1.25. The van der Waals surface area contributed by atoms with Crippen molar-refractivity contribution in [3.63, 3.8) is 0 Å². The van der Waals surface area contributed by atoms with Gasteiger partial charge in [0.15, 0.2) is 0 Å². The van der Waals surface area contributed by atoms with E-state index in [-0.39, 0.29) is 0 Å². The summed E-state index contributed by atoms with van der Waals surface area (Å²) in [7, 11) is 0. The molecule has 0 amide bonds. The third kappa shape index (κ3) is 5.01. The number of hydrogen-bond acceptors (Lipinski definition) is 3. The molecular formula is C27H29ClN2S. The van der Waals surface area contributed by atoms with Gasteiger partial charge in [0.2, 0.25) is 0 Å². The molecule has 4 heteroatoms. The summed E-state index contributed by atoms with van der Waals surface area (Å²) in [5.41, 5.74) is 4.30. The predicted molar refractivity (Wildman–Crippen MR) is 131 cm³/mol. The zero-order valence-corrected chi connectivity index (χ0v) is 19.4. The van der Waals surface area contributed by atoms with Gasteiger partial charge in [-0.1, -0.05) is 71.9 Å². The molecule has 0 N–H and O–H groups in total. The van der Waals surface area contributed by atoms with Crippen molar-refractivity contribution in [2.75, 3.05) is 32.7 Å². The Hall–Kier alpha value is -1.78. The molecule has 1 saturated heterocycles. The molecule has 2 nitrogen and oxygen atoms in total. The molecule has 2 aliphatic rings. The zero-order valence-electron chi connectivity index (χ0n) is 17.8. The van der Waals surface area contributed by atoms with Crippen molar-refractivity contribution in [2.24, 2.45) is 0 Å². The van der Waals surface area contributed by atoms with Crippen LogP contribution in [0.25, 0.3) is 0 Å². The van der Waals surface area contributed by atoms with Gasteiger partial charge in [-0.05, 0) is 66.8 Å². The van der Waals surface area contributed by atoms with Crippen molar-refractivity contribution in [2.45, 2.75) is 35.1 Å². The summed E-state index contributed by atoms with van der Waals surface area (Å²) in [5, 5.41) is 0.842. The molecule has 3 aromatic rings. The maximum Gasteiger partial charge on any atom is 0.0410 e. The van der Waals surface area contributed by atoms with Crippen molar-refractivity contribution in [3.05, 3.63) is 94.5 Å². The monoisotopic (exact) mass is 448 g/mol. The highest BCUT2D eigenvalue weighted by Crippen LogP contribution is 2.43. The first-order valence-corrected chi connectivity index (χ1v) is 12.5. The van der Waals surface area contributed by atoms with Crippen LogP contribution < -0.4 is 0 Å². The van der Waals surface area contributed by atoms with E-state index in [1.165, 1.54) is 45.9 Å². The van der Waals surface area contributed by atoms with Crippen LogP contribution in [-0.4, -0.2) is 42.5 Å². The summed E-state index contributed by atoms with van der Waals surface area (Å²) in [5.74, 6) is 0. The Morgan fingerprint density at radius 1 is 0.839 bits per heavy atom. The normalized spacial score (nSPS) is 19.5. The molecule has 31 heavy (non-hydrogen) atoms. The molecule has 0 saturated carbocycles. The van der Waals surface area contributed by atoms with Crippen molar-refractivity contribution < 1.29 is 0 Å². The summed E-state index contributed by atoms with van der Waals surface area (Å²) in [6, 6.07) is 26.6.